The lowest BCUT2D eigenvalue weighted by molar-refractivity contribution is -0.0960. The number of halogens is 3. The molecule has 2 unspecified atom stereocenters. The molecule has 2 atom stereocenters. The number of ether oxygens (including phenoxy) is 1. The maximum absolute atomic E-state index is 12.5. The van der Waals surface area contributed by atoms with Crippen LogP contribution in [0.1, 0.15) is 12.8 Å². The Morgan fingerprint density at radius 3 is 2.78 bits per heavy atom. The van der Waals surface area contributed by atoms with Gasteiger partial charge >= 0.3 is 6.18 Å². The lowest BCUT2D eigenvalue weighted by Crippen LogP contribution is -2.40. The lowest BCUT2D eigenvalue weighted by Gasteiger charge is -2.29. The van der Waals surface area contributed by atoms with Crippen molar-refractivity contribution in [3.8, 4) is 0 Å². The smallest absolute Gasteiger partial charge is 0.380 e. The van der Waals surface area contributed by atoms with E-state index in [9.17, 15) is 13.2 Å². The number of alkyl halides is 3. The second-order valence-corrected chi connectivity index (χ2v) is 4.94. The molecule has 2 heterocycles. The summed E-state index contributed by atoms with van der Waals surface area (Å²) < 4.78 is 42.6. The summed E-state index contributed by atoms with van der Waals surface area (Å²) in [6, 6.07) is 0.329. The molecule has 1 N–H and O–H groups in total. The topological polar surface area (TPSA) is 24.5 Å². The minimum Gasteiger partial charge on any atom is -0.380 e. The van der Waals surface area contributed by atoms with Gasteiger partial charge in [0, 0.05) is 44.9 Å². The average Bonchev–Trinajstić information content (AvgIpc) is 2.76. The van der Waals surface area contributed by atoms with E-state index in [1.54, 1.807) is 7.11 Å². The van der Waals surface area contributed by atoms with Crippen LogP contribution in [0.4, 0.5) is 13.2 Å². The zero-order valence-electron chi connectivity index (χ0n) is 10.5. The van der Waals surface area contributed by atoms with Crippen molar-refractivity contribution in [2.75, 3.05) is 33.3 Å². The number of hydrogen-bond donors (Lipinski definition) is 1. The van der Waals surface area contributed by atoms with Crippen molar-refractivity contribution in [1.82, 2.24) is 10.2 Å². The van der Waals surface area contributed by atoms with Crippen molar-refractivity contribution < 1.29 is 17.9 Å². The fourth-order valence-electron chi connectivity index (χ4n) is 2.55. The minimum absolute atomic E-state index is 0.101. The SMILES string of the molecule is COC1CNC(CN2CC=C(C(F)(F)F)CC2)C1. The van der Waals surface area contributed by atoms with E-state index >= 15 is 0 Å². The first-order valence-corrected chi connectivity index (χ1v) is 6.24. The maximum atomic E-state index is 12.5. The van der Waals surface area contributed by atoms with Crippen LogP contribution < -0.4 is 5.32 Å². The van der Waals surface area contributed by atoms with Crippen LogP contribution in [0.15, 0.2) is 11.6 Å². The third-order valence-electron chi connectivity index (χ3n) is 3.65. The second kappa shape index (κ2) is 5.59. The molecule has 0 amide bonds. The standard InChI is InChI=1S/C12H19F3N2O/c1-18-11-6-10(16-7-11)8-17-4-2-9(3-5-17)12(13,14)15/h2,10-11,16H,3-8H2,1H3. The number of nitrogens with one attached hydrogen (secondary N) is 1. The van der Waals surface area contributed by atoms with E-state index in [1.807, 2.05) is 0 Å². The van der Waals surface area contributed by atoms with Gasteiger partial charge in [-0.15, -0.1) is 0 Å². The third-order valence-corrected chi connectivity index (χ3v) is 3.65. The van der Waals surface area contributed by atoms with Gasteiger partial charge < -0.3 is 10.1 Å². The van der Waals surface area contributed by atoms with E-state index in [4.69, 9.17) is 4.74 Å². The zero-order valence-corrected chi connectivity index (χ0v) is 10.5. The largest absolute Gasteiger partial charge is 0.412 e. The van der Waals surface area contributed by atoms with Crippen molar-refractivity contribution in [3.05, 3.63) is 11.6 Å². The van der Waals surface area contributed by atoms with Crippen LogP contribution in [0.5, 0.6) is 0 Å². The number of hydrogen-bond acceptors (Lipinski definition) is 3. The molecule has 0 saturated carbocycles. The molecule has 2 rings (SSSR count). The Bertz CT molecular complexity index is 317. The third kappa shape index (κ3) is 3.46. The van der Waals surface area contributed by atoms with Gasteiger partial charge in [0.2, 0.25) is 0 Å². The quantitative estimate of drug-likeness (QED) is 0.783. The maximum Gasteiger partial charge on any atom is 0.412 e. The molecule has 6 heteroatoms. The zero-order chi connectivity index (χ0) is 13.2. The van der Waals surface area contributed by atoms with Gasteiger partial charge in [-0.05, 0) is 12.8 Å². The van der Waals surface area contributed by atoms with E-state index in [2.05, 4.69) is 10.2 Å². The first-order valence-electron chi connectivity index (χ1n) is 6.24. The lowest BCUT2D eigenvalue weighted by atomic mass is 10.1. The van der Waals surface area contributed by atoms with Crippen LogP contribution in [0.3, 0.4) is 0 Å². The van der Waals surface area contributed by atoms with Crippen LogP contribution in [0.2, 0.25) is 0 Å². The number of nitrogens with zero attached hydrogens (tertiary/aromatic N) is 1. The monoisotopic (exact) mass is 264 g/mol. The summed E-state index contributed by atoms with van der Waals surface area (Å²) in [6.07, 6.45) is -1.57. The average molecular weight is 264 g/mol. The molecule has 3 nitrogen and oxygen atoms in total. The van der Waals surface area contributed by atoms with Gasteiger partial charge in [0.05, 0.1) is 6.10 Å². The van der Waals surface area contributed by atoms with Gasteiger partial charge in [0.15, 0.2) is 0 Å². The highest BCUT2D eigenvalue weighted by atomic mass is 19.4. The number of methoxy groups -OCH3 is 1. The Hall–Kier alpha value is -0.590. The highest BCUT2D eigenvalue weighted by molar-refractivity contribution is 5.13. The predicted molar refractivity (Wildman–Crippen MR) is 62.4 cm³/mol. The highest BCUT2D eigenvalue weighted by Gasteiger charge is 2.35. The minimum atomic E-state index is -4.15. The van der Waals surface area contributed by atoms with E-state index in [1.165, 1.54) is 6.08 Å². The Balaban J connectivity index is 1.79. The van der Waals surface area contributed by atoms with Crippen molar-refractivity contribution in [2.24, 2.45) is 0 Å². The molecule has 0 radical (unpaired) electrons. The van der Waals surface area contributed by atoms with Gasteiger partial charge in [-0.2, -0.15) is 13.2 Å². The van der Waals surface area contributed by atoms with Crippen molar-refractivity contribution in [1.29, 1.82) is 0 Å². The van der Waals surface area contributed by atoms with Crippen LogP contribution in [-0.2, 0) is 4.74 Å². The molecule has 0 spiro atoms. The van der Waals surface area contributed by atoms with Crippen LogP contribution >= 0.6 is 0 Å². The summed E-state index contributed by atoms with van der Waals surface area (Å²) in [7, 11) is 1.69. The van der Waals surface area contributed by atoms with Crippen LogP contribution in [-0.4, -0.2) is 56.5 Å². The van der Waals surface area contributed by atoms with Crippen molar-refractivity contribution >= 4 is 0 Å². The first-order chi connectivity index (χ1) is 8.49. The summed E-state index contributed by atoms with van der Waals surface area (Å²) in [5, 5.41) is 3.34. The van der Waals surface area contributed by atoms with Crippen molar-refractivity contribution in [2.45, 2.75) is 31.2 Å². The molecule has 0 aromatic heterocycles. The molecule has 2 aliphatic rings. The van der Waals surface area contributed by atoms with Gasteiger partial charge in [0.25, 0.3) is 0 Å². The van der Waals surface area contributed by atoms with Crippen LogP contribution in [0.25, 0.3) is 0 Å². The van der Waals surface area contributed by atoms with E-state index in [0.29, 0.717) is 19.1 Å². The highest BCUT2D eigenvalue weighted by Crippen LogP contribution is 2.30. The predicted octanol–water partition coefficient (Wildman–Crippen LogP) is 1.56. The normalized spacial score (nSPS) is 30.6. The van der Waals surface area contributed by atoms with E-state index in [0.717, 1.165) is 19.5 Å². The molecule has 2 aliphatic heterocycles. The second-order valence-electron chi connectivity index (χ2n) is 4.94. The molecule has 0 aliphatic carbocycles. The molecular weight excluding hydrogens is 245 g/mol. The Morgan fingerprint density at radius 2 is 2.28 bits per heavy atom. The molecule has 0 aromatic carbocycles. The molecule has 18 heavy (non-hydrogen) atoms. The molecule has 0 bridgehead atoms. The van der Waals surface area contributed by atoms with Crippen LogP contribution in [0, 0.1) is 0 Å². The van der Waals surface area contributed by atoms with Gasteiger partial charge in [-0.1, -0.05) is 6.08 Å². The Kier molecular flexibility index (Phi) is 4.29. The first kappa shape index (κ1) is 13.8. The Morgan fingerprint density at radius 1 is 1.50 bits per heavy atom. The summed E-state index contributed by atoms with van der Waals surface area (Å²) in [5.74, 6) is 0. The molecular formula is C12H19F3N2O. The fourth-order valence-corrected chi connectivity index (χ4v) is 2.55. The van der Waals surface area contributed by atoms with Gasteiger partial charge in [-0.3, -0.25) is 4.90 Å². The Labute approximate surface area is 105 Å². The summed E-state index contributed by atoms with van der Waals surface area (Å²) in [5.41, 5.74) is -0.382. The van der Waals surface area contributed by atoms with Crippen molar-refractivity contribution in [3.63, 3.8) is 0 Å². The fraction of sp³-hybridized carbons (Fsp3) is 0.833. The van der Waals surface area contributed by atoms with Gasteiger partial charge in [0.1, 0.15) is 0 Å². The van der Waals surface area contributed by atoms with Gasteiger partial charge in [-0.25, -0.2) is 0 Å². The number of rotatable bonds is 3. The summed E-state index contributed by atoms with van der Waals surface area (Å²) in [4.78, 5) is 2.06. The molecule has 104 valence electrons. The summed E-state index contributed by atoms with van der Waals surface area (Å²) >= 11 is 0. The molecule has 1 saturated heterocycles. The van der Waals surface area contributed by atoms with E-state index < -0.39 is 6.18 Å². The molecule has 0 aromatic rings. The summed E-state index contributed by atoms with van der Waals surface area (Å²) in [6.45, 7) is 2.51. The molecule has 1 fully saturated rings. The van der Waals surface area contributed by atoms with E-state index in [-0.39, 0.29) is 18.1 Å².